The molecule has 1 unspecified atom stereocenters. The average Bonchev–Trinajstić information content (AvgIpc) is 2.03. The van der Waals surface area contributed by atoms with Crippen LogP contribution in [0.5, 0.6) is 0 Å². The first-order chi connectivity index (χ1) is 6.39. The molecule has 0 spiro atoms. The highest BCUT2D eigenvalue weighted by molar-refractivity contribution is 4.79. The van der Waals surface area contributed by atoms with E-state index in [1.807, 2.05) is 0 Å². The zero-order valence-electron chi connectivity index (χ0n) is 10.8. The standard InChI is InChI=1S/C12H28N2/c1-7-14-12(5,6)9-13-8-11(4)10(2)3/h10-11,13-14H,7-9H2,1-6H3. The molecule has 0 heterocycles. The van der Waals surface area contributed by atoms with Crippen molar-refractivity contribution in [1.29, 1.82) is 0 Å². The number of hydrogen-bond donors (Lipinski definition) is 2. The first-order valence-corrected chi connectivity index (χ1v) is 5.84. The van der Waals surface area contributed by atoms with Crippen LogP contribution in [0.4, 0.5) is 0 Å². The zero-order valence-corrected chi connectivity index (χ0v) is 10.8. The van der Waals surface area contributed by atoms with E-state index >= 15 is 0 Å². The first kappa shape index (κ1) is 13.9. The summed E-state index contributed by atoms with van der Waals surface area (Å²) in [7, 11) is 0. The van der Waals surface area contributed by atoms with Gasteiger partial charge in [0.25, 0.3) is 0 Å². The van der Waals surface area contributed by atoms with E-state index < -0.39 is 0 Å². The Hall–Kier alpha value is -0.0800. The fourth-order valence-electron chi connectivity index (χ4n) is 1.39. The van der Waals surface area contributed by atoms with E-state index in [4.69, 9.17) is 0 Å². The smallest absolute Gasteiger partial charge is 0.0249 e. The Morgan fingerprint density at radius 3 is 2.14 bits per heavy atom. The van der Waals surface area contributed by atoms with Crippen LogP contribution in [0.15, 0.2) is 0 Å². The Morgan fingerprint density at radius 2 is 1.71 bits per heavy atom. The molecule has 86 valence electrons. The van der Waals surface area contributed by atoms with E-state index in [1.165, 1.54) is 0 Å². The Labute approximate surface area is 89.9 Å². The van der Waals surface area contributed by atoms with Crippen molar-refractivity contribution >= 4 is 0 Å². The minimum Gasteiger partial charge on any atom is -0.315 e. The van der Waals surface area contributed by atoms with Gasteiger partial charge in [0.2, 0.25) is 0 Å². The molecule has 0 aromatic rings. The summed E-state index contributed by atoms with van der Waals surface area (Å²) < 4.78 is 0. The maximum atomic E-state index is 3.53. The summed E-state index contributed by atoms with van der Waals surface area (Å²) >= 11 is 0. The van der Waals surface area contributed by atoms with Crippen LogP contribution in [0.1, 0.15) is 41.5 Å². The summed E-state index contributed by atoms with van der Waals surface area (Å²) in [6, 6.07) is 0. The molecule has 14 heavy (non-hydrogen) atoms. The van der Waals surface area contributed by atoms with Crippen molar-refractivity contribution < 1.29 is 0 Å². The van der Waals surface area contributed by atoms with Crippen LogP contribution in [0, 0.1) is 11.8 Å². The molecule has 0 aromatic carbocycles. The number of rotatable bonds is 7. The van der Waals surface area contributed by atoms with Crippen LogP contribution in [-0.4, -0.2) is 25.2 Å². The van der Waals surface area contributed by atoms with Gasteiger partial charge < -0.3 is 10.6 Å². The molecule has 0 saturated heterocycles. The van der Waals surface area contributed by atoms with Crippen LogP contribution in [-0.2, 0) is 0 Å². The summed E-state index contributed by atoms with van der Waals surface area (Å²) in [5.41, 5.74) is 0.214. The lowest BCUT2D eigenvalue weighted by Gasteiger charge is -2.27. The Bertz CT molecular complexity index is 141. The predicted octanol–water partition coefficient (Wildman–Crippen LogP) is 2.26. The molecule has 0 rings (SSSR count). The second-order valence-corrected chi connectivity index (χ2v) is 5.27. The minimum atomic E-state index is 0.214. The molecule has 0 fully saturated rings. The lowest BCUT2D eigenvalue weighted by atomic mass is 9.97. The molecule has 0 bridgehead atoms. The van der Waals surface area contributed by atoms with Crippen molar-refractivity contribution in [2.45, 2.75) is 47.1 Å². The van der Waals surface area contributed by atoms with E-state index in [0.29, 0.717) is 0 Å². The quantitative estimate of drug-likeness (QED) is 0.659. The molecule has 0 aromatic heterocycles. The van der Waals surface area contributed by atoms with Gasteiger partial charge in [0, 0.05) is 12.1 Å². The largest absolute Gasteiger partial charge is 0.315 e. The third-order valence-electron chi connectivity index (χ3n) is 2.83. The second-order valence-electron chi connectivity index (χ2n) is 5.27. The molecule has 0 aliphatic heterocycles. The van der Waals surface area contributed by atoms with Gasteiger partial charge >= 0.3 is 0 Å². The van der Waals surface area contributed by atoms with Crippen molar-refractivity contribution in [1.82, 2.24) is 10.6 Å². The van der Waals surface area contributed by atoms with E-state index in [-0.39, 0.29) is 5.54 Å². The van der Waals surface area contributed by atoms with Gasteiger partial charge in [0.1, 0.15) is 0 Å². The van der Waals surface area contributed by atoms with E-state index in [9.17, 15) is 0 Å². The molecule has 0 aliphatic carbocycles. The van der Waals surface area contributed by atoms with Gasteiger partial charge in [0.15, 0.2) is 0 Å². The van der Waals surface area contributed by atoms with Gasteiger partial charge in [0.05, 0.1) is 0 Å². The molecule has 2 heteroatoms. The second kappa shape index (κ2) is 6.41. The fraction of sp³-hybridized carbons (Fsp3) is 1.00. The molecule has 0 saturated carbocycles. The van der Waals surface area contributed by atoms with E-state index in [2.05, 4.69) is 52.2 Å². The Balaban J connectivity index is 3.62. The number of nitrogens with one attached hydrogen (secondary N) is 2. The van der Waals surface area contributed by atoms with Crippen molar-refractivity contribution in [3.05, 3.63) is 0 Å². The molecule has 0 amide bonds. The third kappa shape index (κ3) is 6.39. The molecule has 2 N–H and O–H groups in total. The zero-order chi connectivity index (χ0) is 11.2. The third-order valence-corrected chi connectivity index (χ3v) is 2.83. The molecule has 0 aliphatic rings. The summed E-state index contributed by atoms with van der Waals surface area (Å²) in [6.45, 7) is 16.7. The maximum Gasteiger partial charge on any atom is 0.0249 e. The topological polar surface area (TPSA) is 24.1 Å². The molecular weight excluding hydrogens is 172 g/mol. The van der Waals surface area contributed by atoms with Crippen LogP contribution >= 0.6 is 0 Å². The van der Waals surface area contributed by atoms with Crippen molar-refractivity contribution in [2.24, 2.45) is 11.8 Å². The summed E-state index contributed by atoms with van der Waals surface area (Å²) in [5, 5.41) is 6.99. The van der Waals surface area contributed by atoms with Crippen LogP contribution in [0.3, 0.4) is 0 Å². The highest BCUT2D eigenvalue weighted by Gasteiger charge is 2.15. The summed E-state index contributed by atoms with van der Waals surface area (Å²) in [4.78, 5) is 0. The van der Waals surface area contributed by atoms with E-state index in [1.54, 1.807) is 0 Å². The van der Waals surface area contributed by atoms with Gasteiger partial charge in [-0.2, -0.15) is 0 Å². The molecular formula is C12H28N2. The molecule has 0 radical (unpaired) electrons. The predicted molar refractivity (Wildman–Crippen MR) is 64.6 cm³/mol. The fourth-order valence-corrected chi connectivity index (χ4v) is 1.39. The average molecular weight is 200 g/mol. The lowest BCUT2D eigenvalue weighted by Crippen LogP contribution is -2.48. The van der Waals surface area contributed by atoms with Crippen LogP contribution < -0.4 is 10.6 Å². The summed E-state index contributed by atoms with van der Waals surface area (Å²) in [6.07, 6.45) is 0. The van der Waals surface area contributed by atoms with Crippen molar-refractivity contribution in [2.75, 3.05) is 19.6 Å². The van der Waals surface area contributed by atoms with Gasteiger partial charge in [-0.05, 0) is 38.8 Å². The SMILES string of the molecule is CCNC(C)(C)CNCC(C)C(C)C. The Kier molecular flexibility index (Phi) is 6.38. The minimum absolute atomic E-state index is 0.214. The van der Waals surface area contributed by atoms with Crippen molar-refractivity contribution in [3.8, 4) is 0 Å². The van der Waals surface area contributed by atoms with Gasteiger partial charge in [-0.15, -0.1) is 0 Å². The molecule has 1 atom stereocenters. The maximum absolute atomic E-state index is 3.53. The van der Waals surface area contributed by atoms with Crippen LogP contribution in [0.25, 0.3) is 0 Å². The first-order valence-electron chi connectivity index (χ1n) is 5.84. The normalized spacial score (nSPS) is 14.8. The Morgan fingerprint density at radius 1 is 1.14 bits per heavy atom. The number of hydrogen-bond acceptors (Lipinski definition) is 2. The monoisotopic (exact) mass is 200 g/mol. The highest BCUT2D eigenvalue weighted by atomic mass is 15.0. The highest BCUT2D eigenvalue weighted by Crippen LogP contribution is 2.08. The lowest BCUT2D eigenvalue weighted by molar-refractivity contribution is 0.336. The summed E-state index contributed by atoms with van der Waals surface area (Å²) in [5.74, 6) is 1.53. The van der Waals surface area contributed by atoms with Crippen molar-refractivity contribution in [3.63, 3.8) is 0 Å². The number of likely N-dealkylation sites (N-methyl/N-ethyl adjacent to an activating group) is 1. The van der Waals surface area contributed by atoms with Gasteiger partial charge in [-0.3, -0.25) is 0 Å². The van der Waals surface area contributed by atoms with Gasteiger partial charge in [-0.25, -0.2) is 0 Å². The van der Waals surface area contributed by atoms with Gasteiger partial charge in [-0.1, -0.05) is 27.7 Å². The molecule has 2 nitrogen and oxygen atoms in total. The van der Waals surface area contributed by atoms with Crippen LogP contribution in [0.2, 0.25) is 0 Å². The van der Waals surface area contributed by atoms with E-state index in [0.717, 1.165) is 31.5 Å².